The third kappa shape index (κ3) is 2.22. The van der Waals surface area contributed by atoms with Gasteiger partial charge in [0.1, 0.15) is 18.6 Å². The van der Waals surface area contributed by atoms with Crippen molar-refractivity contribution in [2.75, 3.05) is 0 Å². The normalized spacial score (nSPS) is 11.7. The molecule has 0 saturated heterocycles. The maximum atomic E-state index is 11.0. The van der Waals surface area contributed by atoms with Crippen molar-refractivity contribution >= 4 is 11.3 Å². The van der Waals surface area contributed by atoms with Crippen molar-refractivity contribution in [2.45, 2.75) is 26.2 Å². The number of hydrogen-bond acceptors (Lipinski definition) is 2. The zero-order valence-corrected chi connectivity index (χ0v) is 10.5. The van der Waals surface area contributed by atoms with Gasteiger partial charge in [0, 0.05) is 17.5 Å². The quantitative estimate of drug-likeness (QED) is 0.745. The van der Waals surface area contributed by atoms with E-state index in [0.717, 1.165) is 5.13 Å². The number of thiazole rings is 1. The highest BCUT2D eigenvalue weighted by Gasteiger charge is 2.20. The number of hydrogen-bond donors (Lipinski definition) is 0. The molecular formula is C12H15N2OS+. The number of aromatic amines is 1. The summed E-state index contributed by atoms with van der Waals surface area (Å²) in [5.74, 6) is 0. The van der Waals surface area contributed by atoms with Gasteiger partial charge in [0.05, 0.1) is 4.88 Å². The van der Waals surface area contributed by atoms with Gasteiger partial charge < -0.3 is 0 Å². The van der Waals surface area contributed by atoms with E-state index in [0.29, 0.717) is 0 Å². The largest absolute Gasteiger partial charge is 0.343 e. The molecule has 0 saturated carbocycles. The fourth-order valence-electron chi connectivity index (χ4n) is 1.34. The highest BCUT2D eigenvalue weighted by atomic mass is 32.1. The molecule has 2 aromatic rings. The van der Waals surface area contributed by atoms with E-state index in [-0.39, 0.29) is 10.8 Å². The van der Waals surface area contributed by atoms with Gasteiger partial charge in [0.15, 0.2) is 5.43 Å². The van der Waals surface area contributed by atoms with Gasteiger partial charge in [0.2, 0.25) is 0 Å². The second-order valence-corrected chi connectivity index (χ2v) is 5.78. The van der Waals surface area contributed by atoms with Gasteiger partial charge in [-0.1, -0.05) is 32.1 Å². The number of nitrogens with zero attached hydrogens (tertiary/aromatic N) is 1. The first-order valence-corrected chi connectivity index (χ1v) is 5.99. The highest BCUT2D eigenvalue weighted by Crippen LogP contribution is 2.27. The van der Waals surface area contributed by atoms with Crippen molar-refractivity contribution in [1.29, 1.82) is 0 Å². The van der Waals surface area contributed by atoms with Crippen molar-refractivity contribution in [1.82, 2.24) is 4.57 Å². The van der Waals surface area contributed by atoms with Gasteiger partial charge in [-0.25, -0.2) is 4.98 Å². The van der Waals surface area contributed by atoms with Crippen LogP contribution in [0.5, 0.6) is 0 Å². The Morgan fingerprint density at radius 2 is 1.88 bits per heavy atom. The SMILES string of the molecule is CC(C)(C)c1c[nH+]c(-n2ccc(=O)cc2)s1. The summed E-state index contributed by atoms with van der Waals surface area (Å²) < 4.78 is 1.92. The number of nitrogens with one attached hydrogen (secondary N) is 1. The summed E-state index contributed by atoms with van der Waals surface area (Å²) in [6.45, 7) is 6.55. The predicted octanol–water partition coefficient (Wildman–Crippen LogP) is 2.01. The van der Waals surface area contributed by atoms with Gasteiger partial charge in [-0.2, -0.15) is 4.57 Å². The highest BCUT2D eigenvalue weighted by molar-refractivity contribution is 7.13. The van der Waals surface area contributed by atoms with Crippen molar-refractivity contribution < 1.29 is 4.98 Å². The third-order valence-corrected chi connectivity index (χ3v) is 3.78. The van der Waals surface area contributed by atoms with Crippen LogP contribution in [-0.2, 0) is 5.41 Å². The van der Waals surface area contributed by atoms with Crippen molar-refractivity contribution in [2.24, 2.45) is 0 Å². The van der Waals surface area contributed by atoms with Crippen LogP contribution in [0.3, 0.4) is 0 Å². The Bertz CT molecular complexity index is 528. The summed E-state index contributed by atoms with van der Waals surface area (Å²) >= 11 is 1.70. The van der Waals surface area contributed by atoms with Crippen molar-refractivity contribution in [3.05, 3.63) is 45.8 Å². The van der Waals surface area contributed by atoms with Crippen LogP contribution in [0, 0.1) is 0 Å². The smallest absolute Gasteiger partial charge is 0.290 e. The van der Waals surface area contributed by atoms with Crippen LogP contribution in [0.2, 0.25) is 0 Å². The Kier molecular flexibility index (Phi) is 2.68. The van der Waals surface area contributed by atoms with Crippen LogP contribution in [0.1, 0.15) is 25.6 Å². The van der Waals surface area contributed by atoms with Gasteiger partial charge in [0.25, 0.3) is 0 Å². The molecule has 0 atom stereocenters. The maximum absolute atomic E-state index is 11.0. The molecule has 0 unspecified atom stereocenters. The van der Waals surface area contributed by atoms with Crippen LogP contribution in [0.4, 0.5) is 0 Å². The first kappa shape index (κ1) is 11.1. The first-order chi connectivity index (χ1) is 7.47. The zero-order chi connectivity index (χ0) is 11.8. The Balaban J connectivity index is 2.39. The lowest BCUT2D eigenvalue weighted by atomic mass is 9.96. The van der Waals surface area contributed by atoms with Gasteiger partial charge in [-0.3, -0.25) is 4.79 Å². The minimum absolute atomic E-state index is 0.0313. The molecule has 4 heteroatoms. The number of H-pyrrole nitrogens is 1. The third-order valence-electron chi connectivity index (χ3n) is 2.31. The molecule has 0 aliphatic carbocycles. The first-order valence-electron chi connectivity index (χ1n) is 5.17. The van der Waals surface area contributed by atoms with E-state index in [4.69, 9.17) is 0 Å². The average molecular weight is 235 g/mol. The topological polar surface area (TPSA) is 36.1 Å². The standard InChI is InChI=1S/C12H14N2OS/c1-12(2,3)10-8-13-11(16-10)14-6-4-9(15)5-7-14/h4-8H,1-3H3/p+1. The summed E-state index contributed by atoms with van der Waals surface area (Å²) in [6, 6.07) is 3.12. The summed E-state index contributed by atoms with van der Waals surface area (Å²) in [7, 11) is 0. The van der Waals surface area contributed by atoms with Gasteiger partial charge in [-0.05, 0) is 0 Å². The summed E-state index contributed by atoms with van der Waals surface area (Å²) in [5, 5.41) is 1.02. The van der Waals surface area contributed by atoms with E-state index in [9.17, 15) is 4.79 Å². The van der Waals surface area contributed by atoms with E-state index in [1.807, 2.05) is 10.8 Å². The molecule has 2 aromatic heterocycles. The lowest BCUT2D eigenvalue weighted by Gasteiger charge is -2.12. The van der Waals surface area contributed by atoms with Gasteiger partial charge in [-0.15, -0.1) is 0 Å². The fraction of sp³-hybridized carbons (Fsp3) is 0.333. The van der Waals surface area contributed by atoms with Crippen LogP contribution >= 0.6 is 11.3 Å². The molecule has 1 N–H and O–H groups in total. The monoisotopic (exact) mass is 235 g/mol. The molecule has 0 amide bonds. The molecular weight excluding hydrogens is 220 g/mol. The van der Waals surface area contributed by atoms with E-state index >= 15 is 0 Å². The molecule has 84 valence electrons. The average Bonchev–Trinajstić information content (AvgIpc) is 2.67. The van der Waals surface area contributed by atoms with E-state index in [1.165, 1.54) is 4.88 Å². The summed E-state index contributed by atoms with van der Waals surface area (Å²) in [6.07, 6.45) is 5.58. The lowest BCUT2D eigenvalue weighted by molar-refractivity contribution is -0.366. The van der Waals surface area contributed by atoms with Crippen LogP contribution in [0.15, 0.2) is 35.5 Å². The minimum atomic E-state index is 0.0313. The summed E-state index contributed by atoms with van der Waals surface area (Å²) in [5.41, 5.74) is 0.183. The zero-order valence-electron chi connectivity index (χ0n) is 9.65. The minimum Gasteiger partial charge on any atom is -0.290 e. The molecule has 0 aliphatic heterocycles. The van der Waals surface area contributed by atoms with Crippen molar-refractivity contribution in [3.8, 4) is 5.13 Å². The van der Waals surface area contributed by atoms with E-state index < -0.39 is 0 Å². The Labute approximate surface area is 98.4 Å². The summed E-state index contributed by atoms with van der Waals surface area (Å²) in [4.78, 5) is 15.5. The molecule has 0 spiro atoms. The second kappa shape index (κ2) is 3.87. The number of aromatic nitrogens is 2. The number of pyridine rings is 1. The second-order valence-electron chi connectivity index (χ2n) is 4.75. The molecule has 0 bridgehead atoms. The fourth-order valence-corrected chi connectivity index (χ4v) is 2.31. The predicted molar refractivity (Wildman–Crippen MR) is 65.2 cm³/mol. The molecule has 0 aliphatic rings. The Hall–Kier alpha value is -1.42. The van der Waals surface area contributed by atoms with E-state index in [2.05, 4.69) is 25.8 Å². The molecule has 0 radical (unpaired) electrons. The Morgan fingerprint density at radius 1 is 1.25 bits per heavy atom. The number of rotatable bonds is 1. The van der Waals surface area contributed by atoms with Crippen LogP contribution in [-0.4, -0.2) is 4.57 Å². The molecule has 0 aromatic carbocycles. The molecule has 0 fully saturated rings. The molecule has 3 nitrogen and oxygen atoms in total. The van der Waals surface area contributed by atoms with Crippen LogP contribution in [0.25, 0.3) is 5.13 Å². The lowest BCUT2D eigenvalue weighted by Crippen LogP contribution is -2.10. The van der Waals surface area contributed by atoms with Gasteiger partial charge >= 0.3 is 5.13 Å². The molecule has 2 heterocycles. The van der Waals surface area contributed by atoms with Crippen LogP contribution < -0.4 is 10.4 Å². The molecule has 2 rings (SSSR count). The maximum Gasteiger partial charge on any atom is 0.343 e. The van der Waals surface area contributed by atoms with E-state index in [1.54, 1.807) is 35.9 Å². The molecule has 16 heavy (non-hydrogen) atoms. The van der Waals surface area contributed by atoms with Crippen molar-refractivity contribution in [3.63, 3.8) is 0 Å². The Morgan fingerprint density at radius 3 is 2.38 bits per heavy atom.